The summed E-state index contributed by atoms with van der Waals surface area (Å²) in [7, 11) is 0. The van der Waals surface area contributed by atoms with E-state index in [4.69, 9.17) is 16.3 Å². The van der Waals surface area contributed by atoms with Crippen LogP contribution in [0.3, 0.4) is 0 Å². The van der Waals surface area contributed by atoms with Crippen molar-refractivity contribution in [2.24, 2.45) is 0 Å². The Bertz CT molecular complexity index is 505. The van der Waals surface area contributed by atoms with E-state index >= 15 is 0 Å². The van der Waals surface area contributed by atoms with E-state index in [-0.39, 0.29) is 0 Å². The molecule has 0 aliphatic rings. The smallest absolute Gasteiger partial charge is 0.138 e. The lowest BCUT2D eigenvalue weighted by Crippen LogP contribution is -1.96. The topological polar surface area (TPSA) is 47.9 Å². The maximum Gasteiger partial charge on any atom is 0.138 e. The second-order valence-electron chi connectivity index (χ2n) is 3.48. The van der Waals surface area contributed by atoms with Crippen LogP contribution < -0.4 is 4.74 Å². The van der Waals surface area contributed by atoms with Crippen molar-refractivity contribution in [2.75, 3.05) is 6.61 Å². The Balaban J connectivity index is 2.30. The highest BCUT2D eigenvalue weighted by atomic mass is 35.5. The molecule has 0 radical (unpaired) electrons. The Morgan fingerprint density at radius 3 is 2.88 bits per heavy atom. The van der Waals surface area contributed by atoms with Crippen LogP contribution in [0.1, 0.15) is 13.3 Å². The molecule has 0 N–H and O–H groups in total. The van der Waals surface area contributed by atoms with Crippen LogP contribution >= 0.6 is 11.6 Å². The molecule has 0 amide bonds. The summed E-state index contributed by atoms with van der Waals surface area (Å²) in [6.07, 6.45) is 7.35. The van der Waals surface area contributed by atoms with Crippen molar-refractivity contribution in [1.82, 2.24) is 15.0 Å². The van der Waals surface area contributed by atoms with E-state index in [1.165, 1.54) is 6.33 Å². The van der Waals surface area contributed by atoms with Gasteiger partial charge in [-0.05, 0) is 12.5 Å². The van der Waals surface area contributed by atoms with Crippen molar-refractivity contribution in [3.8, 4) is 17.0 Å². The van der Waals surface area contributed by atoms with Crippen LogP contribution in [0.4, 0.5) is 0 Å². The Labute approximate surface area is 105 Å². The molecule has 5 heteroatoms. The maximum absolute atomic E-state index is 6.02. The Kier molecular flexibility index (Phi) is 3.88. The first-order chi connectivity index (χ1) is 8.31. The van der Waals surface area contributed by atoms with Crippen LogP contribution in [0.25, 0.3) is 11.3 Å². The zero-order chi connectivity index (χ0) is 12.1. The van der Waals surface area contributed by atoms with E-state index < -0.39 is 0 Å². The van der Waals surface area contributed by atoms with Crippen molar-refractivity contribution in [2.45, 2.75) is 13.3 Å². The Morgan fingerprint density at radius 1 is 1.24 bits per heavy atom. The second-order valence-corrected chi connectivity index (χ2v) is 3.88. The number of aromatic nitrogens is 3. The van der Waals surface area contributed by atoms with E-state index in [2.05, 4.69) is 21.9 Å². The van der Waals surface area contributed by atoms with Gasteiger partial charge in [0.2, 0.25) is 0 Å². The third-order valence-electron chi connectivity index (χ3n) is 2.13. The van der Waals surface area contributed by atoms with E-state index in [0.29, 0.717) is 17.3 Å². The van der Waals surface area contributed by atoms with Crippen LogP contribution in [0.5, 0.6) is 5.75 Å². The van der Waals surface area contributed by atoms with Gasteiger partial charge in [0.25, 0.3) is 0 Å². The van der Waals surface area contributed by atoms with Gasteiger partial charge in [0.15, 0.2) is 0 Å². The molecule has 0 atom stereocenters. The summed E-state index contributed by atoms with van der Waals surface area (Å²) in [5, 5.41) is 0.502. The van der Waals surface area contributed by atoms with E-state index in [1.807, 2.05) is 6.07 Å². The van der Waals surface area contributed by atoms with Crippen LogP contribution in [-0.2, 0) is 0 Å². The summed E-state index contributed by atoms with van der Waals surface area (Å²) in [5.41, 5.74) is 1.49. The fourth-order valence-corrected chi connectivity index (χ4v) is 1.59. The fourth-order valence-electron chi connectivity index (χ4n) is 1.37. The molecular weight excluding hydrogens is 238 g/mol. The summed E-state index contributed by atoms with van der Waals surface area (Å²) >= 11 is 6.02. The molecule has 2 heterocycles. The lowest BCUT2D eigenvalue weighted by molar-refractivity contribution is 0.316. The zero-order valence-electron chi connectivity index (χ0n) is 9.43. The van der Waals surface area contributed by atoms with E-state index in [0.717, 1.165) is 17.7 Å². The molecular formula is C12H12ClN3O. The maximum atomic E-state index is 6.02. The lowest BCUT2D eigenvalue weighted by Gasteiger charge is -2.06. The first kappa shape index (κ1) is 11.8. The molecule has 0 aromatic carbocycles. The molecule has 0 saturated carbocycles. The van der Waals surface area contributed by atoms with E-state index in [1.54, 1.807) is 18.6 Å². The predicted octanol–water partition coefficient (Wildman–Crippen LogP) is 2.98. The molecule has 0 fully saturated rings. The average Bonchev–Trinajstić information content (AvgIpc) is 2.37. The number of nitrogens with zero attached hydrogens (tertiary/aromatic N) is 3. The van der Waals surface area contributed by atoms with Crippen LogP contribution in [0.15, 0.2) is 31.0 Å². The quantitative estimate of drug-likeness (QED) is 0.836. The number of pyridine rings is 1. The Hall–Kier alpha value is -1.68. The highest BCUT2D eigenvalue weighted by Crippen LogP contribution is 2.26. The molecule has 88 valence electrons. The third kappa shape index (κ3) is 2.91. The zero-order valence-corrected chi connectivity index (χ0v) is 10.2. The molecule has 0 spiro atoms. The summed E-state index contributed by atoms with van der Waals surface area (Å²) in [4.78, 5) is 12.1. The largest absolute Gasteiger partial charge is 0.492 e. The third-order valence-corrected chi connectivity index (χ3v) is 2.40. The molecule has 0 bridgehead atoms. The minimum Gasteiger partial charge on any atom is -0.492 e. The molecule has 17 heavy (non-hydrogen) atoms. The van der Waals surface area contributed by atoms with Crippen LogP contribution in [0, 0.1) is 0 Å². The molecule has 0 aliphatic heterocycles. The number of rotatable bonds is 4. The van der Waals surface area contributed by atoms with Crippen molar-refractivity contribution in [3.05, 3.63) is 36.0 Å². The normalized spacial score (nSPS) is 10.2. The highest BCUT2D eigenvalue weighted by molar-refractivity contribution is 6.32. The van der Waals surface area contributed by atoms with Gasteiger partial charge in [-0.2, -0.15) is 0 Å². The first-order valence-electron chi connectivity index (χ1n) is 5.35. The first-order valence-corrected chi connectivity index (χ1v) is 5.72. The molecule has 2 aromatic rings. The SMILES string of the molecule is CCCOc1cncc(-c2ncncc2Cl)c1. The molecule has 0 saturated heterocycles. The molecule has 2 rings (SSSR count). The molecule has 2 aromatic heterocycles. The summed E-state index contributed by atoms with van der Waals surface area (Å²) in [6, 6.07) is 1.87. The van der Waals surface area contributed by atoms with Gasteiger partial charge in [-0.3, -0.25) is 4.98 Å². The molecule has 0 aliphatic carbocycles. The Morgan fingerprint density at radius 2 is 2.12 bits per heavy atom. The van der Waals surface area contributed by atoms with Gasteiger partial charge in [0.05, 0.1) is 23.5 Å². The van der Waals surface area contributed by atoms with Crippen LogP contribution in [-0.4, -0.2) is 21.6 Å². The van der Waals surface area contributed by atoms with Crippen molar-refractivity contribution >= 4 is 11.6 Å². The standard InChI is InChI=1S/C12H12ClN3O/c1-2-3-17-10-4-9(5-14-6-10)12-11(13)7-15-8-16-12/h4-8H,2-3H2,1H3. The van der Waals surface area contributed by atoms with Crippen molar-refractivity contribution in [1.29, 1.82) is 0 Å². The lowest BCUT2D eigenvalue weighted by atomic mass is 10.2. The number of ether oxygens (including phenoxy) is 1. The number of halogens is 1. The van der Waals surface area contributed by atoms with Gasteiger partial charge in [-0.1, -0.05) is 18.5 Å². The summed E-state index contributed by atoms with van der Waals surface area (Å²) < 4.78 is 5.51. The van der Waals surface area contributed by atoms with Crippen LogP contribution in [0.2, 0.25) is 5.02 Å². The van der Waals surface area contributed by atoms with Gasteiger partial charge in [-0.25, -0.2) is 9.97 Å². The average molecular weight is 250 g/mol. The van der Waals surface area contributed by atoms with E-state index in [9.17, 15) is 0 Å². The van der Waals surface area contributed by atoms with Gasteiger partial charge < -0.3 is 4.74 Å². The summed E-state index contributed by atoms with van der Waals surface area (Å²) in [5.74, 6) is 0.721. The van der Waals surface area contributed by atoms with Gasteiger partial charge >= 0.3 is 0 Å². The van der Waals surface area contributed by atoms with Crippen molar-refractivity contribution in [3.63, 3.8) is 0 Å². The number of hydrogen-bond donors (Lipinski definition) is 0. The molecule has 4 nitrogen and oxygen atoms in total. The summed E-state index contributed by atoms with van der Waals surface area (Å²) in [6.45, 7) is 2.72. The van der Waals surface area contributed by atoms with Gasteiger partial charge in [0, 0.05) is 18.0 Å². The van der Waals surface area contributed by atoms with Crippen molar-refractivity contribution < 1.29 is 4.74 Å². The highest BCUT2D eigenvalue weighted by Gasteiger charge is 2.06. The van der Waals surface area contributed by atoms with Gasteiger partial charge in [0.1, 0.15) is 12.1 Å². The minimum atomic E-state index is 0.502. The second kappa shape index (κ2) is 5.59. The predicted molar refractivity (Wildman–Crippen MR) is 66.1 cm³/mol. The number of hydrogen-bond acceptors (Lipinski definition) is 4. The molecule has 0 unspecified atom stereocenters. The fraction of sp³-hybridized carbons (Fsp3) is 0.250. The van der Waals surface area contributed by atoms with Gasteiger partial charge in [-0.15, -0.1) is 0 Å². The monoisotopic (exact) mass is 249 g/mol. The minimum absolute atomic E-state index is 0.502.